The maximum Gasteiger partial charge on any atom is 0.0486 e. The lowest BCUT2D eigenvalue weighted by Crippen LogP contribution is -2.00. The molecule has 0 nitrogen and oxygen atoms in total. The van der Waals surface area contributed by atoms with E-state index in [-0.39, 0.29) is 0 Å². The molecule has 2 heteroatoms. The highest BCUT2D eigenvalue weighted by Gasteiger charge is 2.22. The minimum Gasteiger partial charge on any atom is -0.122 e. The second-order valence-electron chi connectivity index (χ2n) is 9.00. The van der Waals surface area contributed by atoms with Crippen LogP contribution in [0, 0.1) is 0 Å². The van der Waals surface area contributed by atoms with Crippen molar-refractivity contribution < 1.29 is 0 Å². The largest absolute Gasteiger partial charge is 0.122 e. The van der Waals surface area contributed by atoms with Crippen molar-refractivity contribution in [3.63, 3.8) is 0 Å². The maximum atomic E-state index is 6.81. The van der Waals surface area contributed by atoms with Crippen molar-refractivity contribution >= 4 is 44.7 Å². The Morgan fingerprint density at radius 2 is 0.778 bits per heavy atom. The summed E-state index contributed by atoms with van der Waals surface area (Å²) in [6.45, 7) is 0. The molecule has 0 aliphatic carbocycles. The third-order valence-electron chi connectivity index (χ3n) is 7.00. The van der Waals surface area contributed by atoms with Gasteiger partial charge in [0, 0.05) is 11.8 Å². The van der Waals surface area contributed by atoms with Crippen LogP contribution in [0.4, 0.5) is 0 Å². The first-order valence-corrected chi connectivity index (χ1v) is 13.2. The molecule has 36 heavy (non-hydrogen) atoms. The van der Waals surface area contributed by atoms with Gasteiger partial charge in [-0.3, -0.25) is 0 Å². The van der Waals surface area contributed by atoms with Crippen molar-refractivity contribution in [2.75, 3.05) is 0 Å². The molecule has 0 saturated heterocycles. The van der Waals surface area contributed by atoms with Gasteiger partial charge in [0.1, 0.15) is 0 Å². The Kier molecular flexibility index (Phi) is 6.23. The van der Waals surface area contributed by atoms with Crippen LogP contribution in [0.3, 0.4) is 0 Å². The average Bonchev–Trinajstić information content (AvgIpc) is 2.96. The monoisotopic (exact) mass is 502 g/mol. The van der Waals surface area contributed by atoms with Crippen molar-refractivity contribution in [3.8, 4) is 33.4 Å². The van der Waals surface area contributed by atoms with E-state index in [1.54, 1.807) is 0 Å². The molecule has 0 N–H and O–H groups in total. The van der Waals surface area contributed by atoms with Gasteiger partial charge in [0.05, 0.1) is 0 Å². The van der Waals surface area contributed by atoms with Crippen LogP contribution in [0.2, 0.25) is 0 Å². The Balaban J connectivity index is 1.82. The summed E-state index contributed by atoms with van der Waals surface area (Å²) in [5, 5.41) is 4.76. The molecule has 0 atom stereocenters. The van der Waals surface area contributed by atoms with Crippen LogP contribution in [0.1, 0.15) is 11.1 Å². The molecule has 6 rings (SSSR count). The molecule has 0 saturated carbocycles. The van der Waals surface area contributed by atoms with E-state index in [1.165, 1.54) is 32.7 Å². The quantitative estimate of drug-likeness (QED) is 0.205. The van der Waals surface area contributed by atoms with Crippen LogP contribution in [0.15, 0.2) is 121 Å². The zero-order valence-electron chi connectivity index (χ0n) is 19.7. The summed E-state index contributed by atoms with van der Waals surface area (Å²) in [5.74, 6) is 0.798. The molecular weight excluding hydrogens is 479 g/mol. The van der Waals surface area contributed by atoms with Crippen LogP contribution in [0.25, 0.3) is 54.9 Å². The molecular formula is C34H24Cl2. The Morgan fingerprint density at radius 1 is 0.417 bits per heavy atom. The smallest absolute Gasteiger partial charge is 0.0486 e. The van der Waals surface area contributed by atoms with E-state index in [9.17, 15) is 0 Å². The van der Waals surface area contributed by atoms with Gasteiger partial charge in [-0.2, -0.15) is 0 Å². The lowest BCUT2D eigenvalue weighted by molar-refractivity contribution is 1.37. The number of rotatable bonds is 5. The van der Waals surface area contributed by atoms with Gasteiger partial charge >= 0.3 is 0 Å². The summed E-state index contributed by atoms with van der Waals surface area (Å²) in [6, 6.07) is 42.8. The van der Waals surface area contributed by atoms with Gasteiger partial charge in [-0.15, -0.1) is 23.2 Å². The molecule has 6 aromatic rings. The average molecular weight is 503 g/mol. The highest BCUT2D eigenvalue weighted by atomic mass is 35.5. The van der Waals surface area contributed by atoms with Gasteiger partial charge in [-0.05, 0) is 78.2 Å². The highest BCUT2D eigenvalue weighted by molar-refractivity contribution is 6.22. The molecule has 0 aromatic heterocycles. The van der Waals surface area contributed by atoms with Gasteiger partial charge < -0.3 is 0 Å². The number of hydrogen-bond acceptors (Lipinski definition) is 0. The normalized spacial score (nSPS) is 11.3. The number of alkyl halides is 2. The van der Waals surface area contributed by atoms with E-state index in [1.807, 2.05) is 12.1 Å². The third-order valence-corrected chi connectivity index (χ3v) is 7.54. The zero-order valence-corrected chi connectivity index (χ0v) is 21.2. The van der Waals surface area contributed by atoms with Crippen molar-refractivity contribution in [1.82, 2.24) is 0 Å². The molecule has 0 heterocycles. The fraction of sp³-hybridized carbons (Fsp3) is 0.0588. The van der Waals surface area contributed by atoms with Gasteiger partial charge in [0.15, 0.2) is 0 Å². The summed E-state index contributed by atoms with van der Waals surface area (Å²) in [7, 11) is 0. The van der Waals surface area contributed by atoms with Gasteiger partial charge in [0.25, 0.3) is 0 Å². The van der Waals surface area contributed by atoms with Crippen LogP contribution in [0.5, 0.6) is 0 Å². The van der Waals surface area contributed by atoms with Crippen LogP contribution < -0.4 is 0 Å². The molecule has 6 aromatic carbocycles. The van der Waals surface area contributed by atoms with Crippen molar-refractivity contribution in [1.29, 1.82) is 0 Å². The lowest BCUT2D eigenvalue weighted by atomic mass is 9.82. The number of halogens is 2. The summed E-state index contributed by atoms with van der Waals surface area (Å²) < 4.78 is 0. The van der Waals surface area contributed by atoms with Gasteiger partial charge in [0.2, 0.25) is 0 Å². The van der Waals surface area contributed by atoms with Crippen molar-refractivity contribution in [2.45, 2.75) is 11.8 Å². The standard InChI is InChI=1S/C34H24Cl2/c35-21-31-29(23-11-3-1-4-12-23)19-25-15-7-9-17-27(25)33(31)34-28-18-10-8-16-26(28)20-30(32(34)22-36)24-13-5-2-6-14-24/h1-20H,21-22H2. The van der Waals surface area contributed by atoms with Crippen molar-refractivity contribution in [3.05, 3.63) is 132 Å². The second kappa shape index (κ2) is 9.82. The molecule has 0 bridgehead atoms. The minimum atomic E-state index is 0.399. The van der Waals surface area contributed by atoms with E-state index < -0.39 is 0 Å². The van der Waals surface area contributed by atoms with Gasteiger partial charge in [-0.1, -0.05) is 109 Å². The molecule has 0 aliphatic heterocycles. The summed E-state index contributed by atoms with van der Waals surface area (Å²) in [5.41, 5.74) is 9.25. The molecule has 0 fully saturated rings. The Hall–Kier alpha value is -3.58. The third kappa shape index (κ3) is 3.88. The molecule has 0 amide bonds. The first kappa shape index (κ1) is 22.9. The number of fused-ring (bicyclic) bond motifs is 2. The van der Waals surface area contributed by atoms with Crippen LogP contribution >= 0.6 is 23.2 Å². The van der Waals surface area contributed by atoms with E-state index in [2.05, 4.69) is 109 Å². The maximum absolute atomic E-state index is 6.81. The van der Waals surface area contributed by atoms with E-state index in [4.69, 9.17) is 23.2 Å². The highest BCUT2D eigenvalue weighted by Crippen LogP contribution is 2.46. The summed E-state index contributed by atoms with van der Waals surface area (Å²) in [6.07, 6.45) is 0. The number of benzene rings is 6. The topological polar surface area (TPSA) is 0 Å². The van der Waals surface area contributed by atoms with Crippen LogP contribution in [-0.2, 0) is 11.8 Å². The summed E-state index contributed by atoms with van der Waals surface area (Å²) >= 11 is 13.6. The van der Waals surface area contributed by atoms with Crippen LogP contribution in [-0.4, -0.2) is 0 Å². The first-order valence-electron chi connectivity index (χ1n) is 12.1. The van der Waals surface area contributed by atoms with Crippen molar-refractivity contribution in [2.24, 2.45) is 0 Å². The Morgan fingerprint density at radius 3 is 1.17 bits per heavy atom. The lowest BCUT2D eigenvalue weighted by Gasteiger charge is -2.23. The minimum absolute atomic E-state index is 0.399. The van der Waals surface area contributed by atoms with E-state index in [0.29, 0.717) is 11.8 Å². The predicted octanol–water partition coefficient (Wildman–Crippen LogP) is 10.5. The van der Waals surface area contributed by atoms with E-state index >= 15 is 0 Å². The first-order chi connectivity index (χ1) is 17.8. The number of hydrogen-bond donors (Lipinski definition) is 0. The SMILES string of the molecule is ClCc1c(-c2ccccc2)cc2ccccc2c1-c1c(CCl)c(-c2ccccc2)cc2ccccc12. The molecule has 0 spiro atoms. The Bertz CT molecular complexity index is 1560. The molecule has 174 valence electrons. The zero-order chi connectivity index (χ0) is 24.5. The summed E-state index contributed by atoms with van der Waals surface area (Å²) in [4.78, 5) is 0. The molecule has 0 unspecified atom stereocenters. The second-order valence-corrected chi connectivity index (χ2v) is 9.53. The van der Waals surface area contributed by atoms with Gasteiger partial charge in [-0.25, -0.2) is 0 Å². The fourth-order valence-corrected chi connectivity index (χ4v) is 5.94. The molecule has 0 aliphatic rings. The van der Waals surface area contributed by atoms with E-state index in [0.717, 1.165) is 33.4 Å². The molecule has 0 radical (unpaired) electrons. The fourth-order valence-electron chi connectivity index (χ4n) is 5.38. The Labute approximate surface area is 221 Å². The predicted molar refractivity (Wildman–Crippen MR) is 157 cm³/mol.